The average molecular weight is 441 g/mol. The van der Waals surface area contributed by atoms with E-state index < -0.39 is 12.3 Å². The Morgan fingerprint density at radius 2 is 1.53 bits per heavy atom. The largest absolute Gasteiger partial charge is 0.301 e. The Labute approximate surface area is 193 Å². The molecule has 1 aliphatic rings. The molecule has 2 aromatic carbocycles. The molecule has 0 aromatic heterocycles. The van der Waals surface area contributed by atoms with Crippen LogP contribution in [0.15, 0.2) is 54.6 Å². The summed E-state index contributed by atoms with van der Waals surface area (Å²) in [6.07, 6.45) is 2.13. The summed E-state index contributed by atoms with van der Waals surface area (Å²) < 4.78 is 27.1. The molecule has 32 heavy (non-hydrogen) atoms. The zero-order valence-corrected chi connectivity index (χ0v) is 19.8. The number of hydrogen-bond acceptors (Lipinski definition) is 2. The van der Waals surface area contributed by atoms with Gasteiger partial charge in [-0.25, -0.2) is 8.78 Å². The number of rotatable bonds is 9. The standard InChI is InChI=1S/C26H35F2N.C2H3N/c1-20(2)29(18-16-21-7-4-3-5-8-21)17-6-9-22-10-12-23(13-11-22)24-14-15-25(27)26(28)19-24;1-2-3/h3-5,7-8,10-13,20,24-26H,6,9,14-19H2,1-2H3;1H3. The second-order valence-electron chi connectivity index (χ2n) is 8.98. The molecule has 0 radical (unpaired) electrons. The fraction of sp³-hybridized carbons (Fsp3) is 0.536. The summed E-state index contributed by atoms with van der Waals surface area (Å²) >= 11 is 0. The smallest absolute Gasteiger partial charge is 0.132 e. The van der Waals surface area contributed by atoms with Crippen LogP contribution in [0, 0.1) is 11.3 Å². The lowest BCUT2D eigenvalue weighted by atomic mass is 9.82. The van der Waals surface area contributed by atoms with E-state index in [0.29, 0.717) is 18.9 Å². The van der Waals surface area contributed by atoms with Crippen molar-refractivity contribution in [2.24, 2.45) is 0 Å². The molecule has 0 aliphatic heterocycles. The van der Waals surface area contributed by atoms with E-state index in [-0.39, 0.29) is 5.92 Å². The van der Waals surface area contributed by atoms with Crippen molar-refractivity contribution in [3.8, 4) is 6.07 Å². The van der Waals surface area contributed by atoms with E-state index in [4.69, 9.17) is 5.26 Å². The third-order valence-electron chi connectivity index (χ3n) is 6.32. The van der Waals surface area contributed by atoms with Crippen LogP contribution >= 0.6 is 0 Å². The van der Waals surface area contributed by atoms with E-state index >= 15 is 0 Å². The Kier molecular flexibility index (Phi) is 11.4. The Bertz CT molecular complexity index is 798. The lowest BCUT2D eigenvalue weighted by Crippen LogP contribution is -2.34. The number of aryl methyl sites for hydroxylation is 1. The molecule has 0 spiro atoms. The van der Waals surface area contributed by atoms with Crippen LogP contribution in [-0.2, 0) is 12.8 Å². The van der Waals surface area contributed by atoms with Crippen molar-refractivity contribution in [1.82, 2.24) is 4.90 Å². The second-order valence-corrected chi connectivity index (χ2v) is 8.98. The molecule has 0 heterocycles. The zero-order valence-electron chi connectivity index (χ0n) is 19.8. The number of halogens is 2. The molecule has 1 fully saturated rings. The molecule has 174 valence electrons. The predicted molar refractivity (Wildman–Crippen MR) is 129 cm³/mol. The first-order valence-electron chi connectivity index (χ1n) is 11.9. The van der Waals surface area contributed by atoms with Gasteiger partial charge in [0, 0.05) is 19.5 Å². The van der Waals surface area contributed by atoms with Gasteiger partial charge in [0.2, 0.25) is 0 Å². The highest BCUT2D eigenvalue weighted by atomic mass is 19.2. The van der Waals surface area contributed by atoms with Gasteiger partial charge in [-0.2, -0.15) is 5.26 Å². The molecule has 0 saturated heterocycles. The van der Waals surface area contributed by atoms with Gasteiger partial charge in [-0.05, 0) is 81.5 Å². The first kappa shape index (κ1) is 26.0. The molecule has 2 aromatic rings. The van der Waals surface area contributed by atoms with Crippen LogP contribution in [0.25, 0.3) is 0 Å². The highest BCUT2D eigenvalue weighted by molar-refractivity contribution is 5.26. The minimum atomic E-state index is -1.30. The molecule has 0 N–H and O–H groups in total. The molecule has 1 aliphatic carbocycles. The minimum absolute atomic E-state index is 0.167. The van der Waals surface area contributed by atoms with E-state index in [1.807, 2.05) is 0 Å². The summed E-state index contributed by atoms with van der Waals surface area (Å²) in [4.78, 5) is 2.55. The first-order chi connectivity index (χ1) is 15.4. The summed E-state index contributed by atoms with van der Waals surface area (Å²) in [5.74, 6) is 0.167. The van der Waals surface area contributed by atoms with E-state index in [1.165, 1.54) is 18.1 Å². The van der Waals surface area contributed by atoms with E-state index in [0.717, 1.165) is 44.3 Å². The van der Waals surface area contributed by atoms with E-state index in [2.05, 4.69) is 73.3 Å². The lowest BCUT2D eigenvalue weighted by Gasteiger charge is -2.28. The maximum absolute atomic E-state index is 13.7. The van der Waals surface area contributed by atoms with Gasteiger partial charge in [0.25, 0.3) is 0 Å². The molecule has 3 rings (SSSR count). The normalized spacial score (nSPS) is 20.5. The molecule has 3 unspecified atom stereocenters. The number of nitriles is 1. The zero-order chi connectivity index (χ0) is 23.3. The van der Waals surface area contributed by atoms with Crippen LogP contribution in [0.1, 0.15) is 69.1 Å². The summed E-state index contributed by atoms with van der Waals surface area (Å²) in [5.41, 5.74) is 3.89. The molecular formula is C28H38F2N2. The molecule has 2 nitrogen and oxygen atoms in total. The Morgan fingerprint density at radius 1 is 0.906 bits per heavy atom. The van der Waals surface area contributed by atoms with Crippen molar-refractivity contribution in [3.05, 3.63) is 71.3 Å². The van der Waals surface area contributed by atoms with Gasteiger partial charge in [-0.15, -0.1) is 0 Å². The van der Waals surface area contributed by atoms with Crippen molar-refractivity contribution in [1.29, 1.82) is 5.26 Å². The van der Waals surface area contributed by atoms with Crippen LogP contribution in [-0.4, -0.2) is 36.4 Å². The van der Waals surface area contributed by atoms with E-state index in [9.17, 15) is 8.78 Å². The molecule has 3 atom stereocenters. The molecule has 4 heteroatoms. The van der Waals surface area contributed by atoms with Gasteiger partial charge in [0.1, 0.15) is 12.3 Å². The average Bonchev–Trinajstić information content (AvgIpc) is 2.79. The van der Waals surface area contributed by atoms with Crippen molar-refractivity contribution in [2.45, 2.75) is 83.6 Å². The maximum Gasteiger partial charge on any atom is 0.132 e. The summed E-state index contributed by atoms with van der Waals surface area (Å²) in [6.45, 7) is 8.15. The van der Waals surface area contributed by atoms with Crippen molar-refractivity contribution in [2.75, 3.05) is 13.1 Å². The highest BCUT2D eigenvalue weighted by Gasteiger charge is 2.31. The number of hydrogen-bond donors (Lipinski definition) is 0. The van der Waals surface area contributed by atoms with Gasteiger partial charge < -0.3 is 4.90 Å². The van der Waals surface area contributed by atoms with E-state index in [1.54, 1.807) is 6.07 Å². The fourth-order valence-electron chi connectivity index (χ4n) is 4.37. The van der Waals surface area contributed by atoms with Crippen LogP contribution in [0.4, 0.5) is 8.78 Å². The summed E-state index contributed by atoms with van der Waals surface area (Å²) in [5, 5.41) is 7.32. The van der Waals surface area contributed by atoms with Gasteiger partial charge in [-0.3, -0.25) is 0 Å². The molecule has 1 saturated carbocycles. The quantitative estimate of drug-likeness (QED) is 0.418. The van der Waals surface area contributed by atoms with Crippen LogP contribution in [0.3, 0.4) is 0 Å². The Balaban J connectivity index is 0.00000114. The van der Waals surface area contributed by atoms with Crippen LogP contribution < -0.4 is 0 Å². The Morgan fingerprint density at radius 3 is 2.12 bits per heavy atom. The van der Waals surface area contributed by atoms with Crippen molar-refractivity contribution >= 4 is 0 Å². The molecule has 0 bridgehead atoms. The van der Waals surface area contributed by atoms with Gasteiger partial charge in [0.15, 0.2) is 0 Å². The number of benzene rings is 2. The lowest BCUT2D eigenvalue weighted by molar-refractivity contribution is 0.108. The fourth-order valence-corrected chi connectivity index (χ4v) is 4.37. The number of alkyl halides is 2. The number of nitrogens with zero attached hydrogens (tertiary/aromatic N) is 2. The molecular weight excluding hydrogens is 402 g/mol. The molecule has 0 amide bonds. The summed E-state index contributed by atoms with van der Waals surface area (Å²) in [7, 11) is 0. The SMILES string of the molecule is CC#N.CC(C)N(CCCc1ccc(C2CCC(F)C(F)C2)cc1)CCc1ccccc1. The van der Waals surface area contributed by atoms with Crippen molar-refractivity contribution in [3.63, 3.8) is 0 Å². The second kappa shape index (κ2) is 14.0. The van der Waals surface area contributed by atoms with Crippen LogP contribution in [0.5, 0.6) is 0 Å². The first-order valence-corrected chi connectivity index (χ1v) is 11.9. The Hall–Kier alpha value is -2.25. The third kappa shape index (κ3) is 8.71. The monoisotopic (exact) mass is 440 g/mol. The van der Waals surface area contributed by atoms with Gasteiger partial charge in [-0.1, -0.05) is 54.6 Å². The topological polar surface area (TPSA) is 27.0 Å². The maximum atomic E-state index is 13.7. The van der Waals surface area contributed by atoms with Gasteiger partial charge >= 0.3 is 0 Å². The van der Waals surface area contributed by atoms with Gasteiger partial charge in [0.05, 0.1) is 6.07 Å². The van der Waals surface area contributed by atoms with Crippen LogP contribution in [0.2, 0.25) is 0 Å². The summed E-state index contributed by atoms with van der Waals surface area (Å²) in [6, 6.07) is 21.6. The third-order valence-corrected chi connectivity index (χ3v) is 6.32. The van der Waals surface area contributed by atoms with Crippen molar-refractivity contribution < 1.29 is 8.78 Å². The predicted octanol–water partition coefficient (Wildman–Crippen LogP) is 7.05. The highest BCUT2D eigenvalue weighted by Crippen LogP contribution is 2.35. The minimum Gasteiger partial charge on any atom is -0.301 e.